The molecular formula is C23H29N3O4. The first-order chi connectivity index (χ1) is 14.5. The SMILES string of the molecule is CC(OC(=O)CCc1nc2ccccc2c(=O)n1C1CC1)C(=O)N1CCCCCC1. The Morgan fingerprint density at radius 1 is 1.13 bits per heavy atom. The zero-order chi connectivity index (χ0) is 21.1. The van der Waals surface area contributed by atoms with Gasteiger partial charge in [-0.1, -0.05) is 25.0 Å². The average molecular weight is 412 g/mol. The molecule has 1 aliphatic carbocycles. The van der Waals surface area contributed by atoms with Crippen LogP contribution < -0.4 is 5.56 Å². The maximum Gasteiger partial charge on any atom is 0.307 e. The standard InChI is InChI=1S/C23H29N3O4/c1-16(22(28)25-14-6-2-3-7-15-25)30-21(27)13-12-20-24-19-9-5-4-8-18(19)23(29)26(20)17-10-11-17/h4-5,8-9,16-17H,2-3,6-7,10-15H2,1H3. The second-order valence-electron chi connectivity index (χ2n) is 8.32. The second-order valence-corrected chi connectivity index (χ2v) is 8.32. The Labute approximate surface area is 176 Å². The maximum atomic E-state index is 12.9. The van der Waals surface area contributed by atoms with Crippen molar-refractivity contribution in [3.63, 3.8) is 0 Å². The third-order valence-corrected chi connectivity index (χ3v) is 5.92. The first-order valence-electron chi connectivity index (χ1n) is 11.0. The van der Waals surface area contributed by atoms with E-state index in [-0.39, 0.29) is 23.9 Å². The van der Waals surface area contributed by atoms with Gasteiger partial charge in [0, 0.05) is 25.6 Å². The van der Waals surface area contributed by atoms with E-state index in [1.165, 1.54) is 0 Å². The van der Waals surface area contributed by atoms with Crippen molar-refractivity contribution >= 4 is 22.8 Å². The number of likely N-dealkylation sites (tertiary alicyclic amines) is 1. The van der Waals surface area contributed by atoms with Gasteiger partial charge in [-0.3, -0.25) is 19.0 Å². The molecule has 0 N–H and O–H groups in total. The maximum absolute atomic E-state index is 12.9. The average Bonchev–Trinajstić information content (AvgIpc) is 3.59. The van der Waals surface area contributed by atoms with E-state index in [0.29, 0.717) is 23.1 Å². The van der Waals surface area contributed by atoms with Gasteiger partial charge in [-0.2, -0.15) is 0 Å². The topological polar surface area (TPSA) is 81.5 Å². The highest BCUT2D eigenvalue weighted by Gasteiger charge is 2.29. The smallest absolute Gasteiger partial charge is 0.307 e. The summed E-state index contributed by atoms with van der Waals surface area (Å²) in [7, 11) is 0. The lowest BCUT2D eigenvalue weighted by molar-refractivity contribution is -0.159. The number of carbonyl (C=O) groups is 2. The van der Waals surface area contributed by atoms with Crippen molar-refractivity contribution in [3.05, 3.63) is 40.4 Å². The van der Waals surface area contributed by atoms with E-state index in [1.54, 1.807) is 22.5 Å². The van der Waals surface area contributed by atoms with Crippen LogP contribution in [0.3, 0.4) is 0 Å². The number of aromatic nitrogens is 2. The van der Waals surface area contributed by atoms with E-state index < -0.39 is 12.1 Å². The molecule has 4 rings (SSSR count). The molecule has 2 aliphatic rings. The van der Waals surface area contributed by atoms with Gasteiger partial charge in [0.15, 0.2) is 6.10 Å². The molecular weight excluding hydrogens is 382 g/mol. The molecule has 30 heavy (non-hydrogen) atoms. The van der Waals surface area contributed by atoms with Crippen molar-refractivity contribution in [2.24, 2.45) is 0 Å². The van der Waals surface area contributed by atoms with Crippen LogP contribution in [0.4, 0.5) is 0 Å². The highest BCUT2D eigenvalue weighted by Crippen LogP contribution is 2.34. The van der Waals surface area contributed by atoms with Crippen LogP contribution in [0.15, 0.2) is 29.1 Å². The highest BCUT2D eigenvalue weighted by atomic mass is 16.5. The summed E-state index contributed by atoms with van der Waals surface area (Å²) in [6, 6.07) is 7.46. The van der Waals surface area contributed by atoms with Gasteiger partial charge >= 0.3 is 5.97 Å². The van der Waals surface area contributed by atoms with E-state index in [4.69, 9.17) is 4.74 Å². The number of carbonyl (C=O) groups excluding carboxylic acids is 2. The van der Waals surface area contributed by atoms with Crippen LogP contribution in [0.25, 0.3) is 10.9 Å². The molecule has 0 spiro atoms. The largest absolute Gasteiger partial charge is 0.453 e. The Morgan fingerprint density at radius 2 is 1.83 bits per heavy atom. The minimum absolute atomic E-state index is 0.0452. The Hall–Kier alpha value is -2.70. The molecule has 1 unspecified atom stereocenters. The quantitative estimate of drug-likeness (QED) is 0.683. The van der Waals surface area contributed by atoms with E-state index in [1.807, 2.05) is 18.2 Å². The predicted molar refractivity (Wildman–Crippen MR) is 113 cm³/mol. The molecule has 7 heteroatoms. The summed E-state index contributed by atoms with van der Waals surface area (Å²) in [4.78, 5) is 44.4. The minimum atomic E-state index is -0.786. The van der Waals surface area contributed by atoms with Gasteiger partial charge in [0.2, 0.25) is 0 Å². The van der Waals surface area contributed by atoms with Gasteiger partial charge < -0.3 is 9.64 Å². The number of benzene rings is 1. The Kier molecular flexibility index (Phi) is 6.16. The molecule has 2 heterocycles. The first-order valence-corrected chi connectivity index (χ1v) is 11.0. The molecule has 160 valence electrons. The molecule has 1 aromatic carbocycles. The summed E-state index contributed by atoms with van der Waals surface area (Å²) in [5.74, 6) is 0.0593. The van der Waals surface area contributed by atoms with Crippen LogP contribution in [0.1, 0.15) is 63.7 Å². The summed E-state index contributed by atoms with van der Waals surface area (Å²) in [5.41, 5.74) is 0.601. The van der Waals surface area contributed by atoms with Gasteiger partial charge in [-0.05, 0) is 44.7 Å². The molecule has 1 aliphatic heterocycles. The fraction of sp³-hybridized carbons (Fsp3) is 0.565. The van der Waals surface area contributed by atoms with Crippen molar-refractivity contribution in [1.82, 2.24) is 14.5 Å². The third-order valence-electron chi connectivity index (χ3n) is 5.92. The number of amides is 1. The number of fused-ring (bicyclic) bond motifs is 1. The molecule has 2 aromatic rings. The Bertz CT molecular complexity index is 988. The van der Waals surface area contributed by atoms with E-state index in [2.05, 4.69) is 4.98 Å². The Balaban J connectivity index is 1.41. The number of hydrogen-bond donors (Lipinski definition) is 0. The zero-order valence-electron chi connectivity index (χ0n) is 17.5. The van der Waals surface area contributed by atoms with E-state index in [0.717, 1.165) is 51.6 Å². The normalized spacial score (nSPS) is 18.1. The monoisotopic (exact) mass is 411 g/mol. The molecule has 1 saturated heterocycles. The summed E-state index contributed by atoms with van der Waals surface area (Å²) in [6.07, 6.45) is 5.81. The van der Waals surface area contributed by atoms with Crippen molar-refractivity contribution in [3.8, 4) is 0 Å². The fourth-order valence-electron chi connectivity index (χ4n) is 4.15. The summed E-state index contributed by atoms with van der Waals surface area (Å²) in [6.45, 7) is 3.10. The molecule has 7 nitrogen and oxygen atoms in total. The fourth-order valence-corrected chi connectivity index (χ4v) is 4.15. The number of ether oxygens (including phenoxy) is 1. The van der Waals surface area contributed by atoms with E-state index in [9.17, 15) is 14.4 Å². The number of esters is 1. The van der Waals surface area contributed by atoms with Crippen LogP contribution in [-0.4, -0.2) is 45.5 Å². The minimum Gasteiger partial charge on any atom is -0.453 e. The van der Waals surface area contributed by atoms with Crippen LogP contribution in [0, 0.1) is 0 Å². The zero-order valence-corrected chi connectivity index (χ0v) is 17.5. The lowest BCUT2D eigenvalue weighted by atomic mass is 10.2. The Morgan fingerprint density at radius 3 is 2.53 bits per heavy atom. The summed E-state index contributed by atoms with van der Waals surface area (Å²) >= 11 is 0. The molecule has 2 fully saturated rings. The number of aryl methyl sites for hydroxylation is 1. The molecule has 0 bridgehead atoms. The van der Waals surface area contributed by atoms with Crippen molar-refractivity contribution in [2.45, 2.75) is 70.4 Å². The van der Waals surface area contributed by atoms with Gasteiger partial charge in [-0.25, -0.2) is 4.98 Å². The van der Waals surface area contributed by atoms with E-state index >= 15 is 0 Å². The molecule has 1 saturated carbocycles. The third kappa shape index (κ3) is 4.55. The lowest BCUT2D eigenvalue weighted by Crippen LogP contribution is -2.40. The molecule has 1 amide bonds. The first kappa shape index (κ1) is 20.6. The summed E-state index contributed by atoms with van der Waals surface area (Å²) < 4.78 is 7.15. The predicted octanol–water partition coefficient (Wildman–Crippen LogP) is 3.00. The summed E-state index contributed by atoms with van der Waals surface area (Å²) in [5, 5.41) is 0.604. The highest BCUT2D eigenvalue weighted by molar-refractivity contribution is 5.83. The van der Waals surface area contributed by atoms with Crippen molar-refractivity contribution < 1.29 is 14.3 Å². The molecule has 1 atom stereocenters. The molecule has 0 radical (unpaired) electrons. The van der Waals surface area contributed by atoms with Crippen molar-refractivity contribution in [2.75, 3.05) is 13.1 Å². The number of para-hydroxylation sites is 1. The van der Waals surface area contributed by atoms with Gasteiger partial charge in [0.05, 0.1) is 17.3 Å². The van der Waals surface area contributed by atoms with Gasteiger partial charge in [0.1, 0.15) is 5.82 Å². The molecule has 1 aromatic heterocycles. The van der Waals surface area contributed by atoms with Crippen LogP contribution in [0.2, 0.25) is 0 Å². The van der Waals surface area contributed by atoms with Gasteiger partial charge in [-0.15, -0.1) is 0 Å². The number of hydrogen-bond acceptors (Lipinski definition) is 5. The van der Waals surface area contributed by atoms with Crippen LogP contribution in [-0.2, 0) is 20.7 Å². The second kappa shape index (κ2) is 8.98. The number of nitrogens with zero attached hydrogens (tertiary/aromatic N) is 3. The van der Waals surface area contributed by atoms with Crippen molar-refractivity contribution in [1.29, 1.82) is 0 Å². The van der Waals surface area contributed by atoms with Gasteiger partial charge in [0.25, 0.3) is 11.5 Å². The van der Waals surface area contributed by atoms with Crippen LogP contribution in [0.5, 0.6) is 0 Å². The number of rotatable bonds is 6. The van der Waals surface area contributed by atoms with Crippen LogP contribution >= 0.6 is 0 Å². The lowest BCUT2D eigenvalue weighted by Gasteiger charge is -2.24.